The quantitative estimate of drug-likeness (QED) is 0.0581. The molecule has 0 heterocycles. The molecular formula is C33H60O8. The van der Waals surface area contributed by atoms with Crippen molar-refractivity contribution in [2.24, 2.45) is 17.8 Å². The van der Waals surface area contributed by atoms with E-state index in [1.54, 1.807) is 27.7 Å². The molecule has 2 N–H and O–H groups in total. The molecule has 1 aliphatic rings. The normalized spacial score (nSPS) is 21.0. The monoisotopic (exact) mass is 584 g/mol. The summed E-state index contributed by atoms with van der Waals surface area (Å²) < 4.78 is 0. The minimum Gasteiger partial charge on any atom is -0.393 e. The number of unbranched alkanes of at least 4 members (excludes halogenated alkanes) is 7. The van der Waals surface area contributed by atoms with Crippen LogP contribution < -0.4 is 0 Å². The number of hydrogen-bond acceptors (Lipinski definition) is 8. The molecule has 41 heavy (non-hydrogen) atoms. The van der Waals surface area contributed by atoms with Crippen molar-refractivity contribution < 1.29 is 39.4 Å². The molecule has 1 rings (SSSR count). The van der Waals surface area contributed by atoms with E-state index in [0.29, 0.717) is 25.2 Å². The van der Waals surface area contributed by atoms with Crippen molar-refractivity contribution >= 4 is 11.9 Å². The zero-order valence-corrected chi connectivity index (χ0v) is 27.0. The van der Waals surface area contributed by atoms with Crippen molar-refractivity contribution in [1.82, 2.24) is 0 Å². The van der Waals surface area contributed by atoms with Crippen molar-refractivity contribution in [1.29, 1.82) is 0 Å². The Hall–Kier alpha value is -1.48. The highest BCUT2D eigenvalue weighted by Crippen LogP contribution is 2.36. The summed E-state index contributed by atoms with van der Waals surface area (Å²) in [5.41, 5.74) is -1.46. The van der Waals surface area contributed by atoms with Crippen molar-refractivity contribution in [3.05, 3.63) is 12.2 Å². The Morgan fingerprint density at radius 3 is 1.93 bits per heavy atom. The van der Waals surface area contributed by atoms with Crippen LogP contribution in [0.1, 0.15) is 145 Å². The lowest BCUT2D eigenvalue weighted by Gasteiger charge is -2.31. The molecule has 0 spiro atoms. The standard InChI is InChI=1S/C33H60O8/c1-8-9-10-15-18-28-21-20-27(22-29(28)31(37)39-41-33(6,7)24-26(3)35)17-14-12-11-13-16-19-30(36)38-40-32(4,5)23-25(2)34/h20-21,25-29,34-35H,8-19,22-24H2,1-7H3. The molecule has 0 aliphatic heterocycles. The summed E-state index contributed by atoms with van der Waals surface area (Å²) in [5, 5.41) is 19.2. The van der Waals surface area contributed by atoms with Crippen LogP contribution in [-0.4, -0.2) is 45.6 Å². The summed E-state index contributed by atoms with van der Waals surface area (Å²) >= 11 is 0. The van der Waals surface area contributed by atoms with Crippen LogP contribution in [0.2, 0.25) is 0 Å². The first-order chi connectivity index (χ1) is 19.2. The summed E-state index contributed by atoms with van der Waals surface area (Å²) in [7, 11) is 0. The highest BCUT2D eigenvalue weighted by atomic mass is 17.2. The molecule has 0 bridgehead atoms. The molecule has 8 nitrogen and oxygen atoms in total. The Labute approximate surface area is 249 Å². The van der Waals surface area contributed by atoms with E-state index in [1.165, 1.54) is 19.3 Å². The van der Waals surface area contributed by atoms with Gasteiger partial charge in [0.25, 0.3) is 0 Å². The smallest absolute Gasteiger partial charge is 0.346 e. The fraction of sp³-hybridized carbons (Fsp3) is 0.879. The second-order valence-electron chi connectivity index (χ2n) is 13.5. The molecule has 8 heteroatoms. The summed E-state index contributed by atoms with van der Waals surface area (Å²) in [5.74, 6) is -0.393. The third kappa shape index (κ3) is 17.9. The van der Waals surface area contributed by atoms with E-state index in [-0.39, 0.29) is 23.8 Å². The van der Waals surface area contributed by atoms with Crippen molar-refractivity contribution in [3.8, 4) is 0 Å². The van der Waals surface area contributed by atoms with E-state index in [4.69, 9.17) is 19.6 Å². The maximum Gasteiger partial charge on any atom is 0.346 e. The van der Waals surface area contributed by atoms with Crippen LogP contribution in [-0.2, 0) is 29.1 Å². The highest BCUT2D eigenvalue weighted by Gasteiger charge is 2.35. The van der Waals surface area contributed by atoms with Gasteiger partial charge in [0.15, 0.2) is 0 Å². The van der Waals surface area contributed by atoms with Gasteiger partial charge in [0.1, 0.15) is 11.2 Å². The van der Waals surface area contributed by atoms with Crippen LogP contribution in [0.5, 0.6) is 0 Å². The largest absolute Gasteiger partial charge is 0.393 e. The van der Waals surface area contributed by atoms with Crippen LogP contribution in [0.4, 0.5) is 0 Å². The second-order valence-corrected chi connectivity index (χ2v) is 13.5. The summed E-state index contributed by atoms with van der Waals surface area (Å²) in [6.45, 7) is 12.8. The molecular weight excluding hydrogens is 524 g/mol. The molecule has 0 amide bonds. The molecule has 0 aromatic rings. The van der Waals surface area contributed by atoms with Crippen LogP contribution in [0.15, 0.2) is 12.2 Å². The fourth-order valence-corrected chi connectivity index (χ4v) is 5.72. The number of carbonyl (C=O) groups excluding carboxylic acids is 2. The summed E-state index contributed by atoms with van der Waals surface area (Å²) in [6, 6.07) is 0. The summed E-state index contributed by atoms with van der Waals surface area (Å²) in [4.78, 5) is 46.1. The van der Waals surface area contributed by atoms with Crippen LogP contribution in [0.25, 0.3) is 0 Å². The molecule has 0 saturated carbocycles. The van der Waals surface area contributed by atoms with Gasteiger partial charge >= 0.3 is 11.9 Å². The zero-order chi connectivity index (χ0) is 30.9. The Morgan fingerprint density at radius 2 is 1.32 bits per heavy atom. The maximum atomic E-state index is 13.1. The van der Waals surface area contributed by atoms with Gasteiger partial charge in [-0.15, -0.1) is 0 Å². The minimum atomic E-state index is -0.747. The third-order valence-corrected chi connectivity index (χ3v) is 7.64. The lowest BCUT2D eigenvalue weighted by Crippen LogP contribution is -2.34. The van der Waals surface area contributed by atoms with Crippen LogP contribution in [0.3, 0.4) is 0 Å². The Bertz CT molecular complexity index is 758. The first kappa shape index (κ1) is 37.5. The van der Waals surface area contributed by atoms with Gasteiger partial charge in [-0.3, -0.25) is 9.78 Å². The minimum absolute atomic E-state index is 0.167. The van der Waals surface area contributed by atoms with Gasteiger partial charge in [0, 0.05) is 19.3 Å². The number of aliphatic hydroxyl groups is 2. The zero-order valence-electron chi connectivity index (χ0n) is 27.0. The number of carbonyl (C=O) groups is 2. The first-order valence-corrected chi connectivity index (χ1v) is 16.1. The molecule has 0 aromatic heterocycles. The lowest BCUT2D eigenvalue weighted by molar-refractivity contribution is -0.332. The molecule has 1 aliphatic carbocycles. The summed E-state index contributed by atoms with van der Waals surface area (Å²) in [6.07, 6.45) is 16.8. The van der Waals surface area contributed by atoms with Gasteiger partial charge in [-0.1, -0.05) is 70.4 Å². The lowest BCUT2D eigenvalue weighted by atomic mass is 9.75. The SMILES string of the molecule is CCCCCCC1C=CC(CCCCCCCC(=O)OOC(C)(C)CC(C)O)CC1C(=O)OOC(C)(C)CC(C)O. The van der Waals surface area contributed by atoms with Gasteiger partial charge in [0.2, 0.25) is 0 Å². The molecule has 240 valence electrons. The van der Waals surface area contributed by atoms with Crippen molar-refractivity contribution in [3.63, 3.8) is 0 Å². The Balaban J connectivity index is 2.43. The Morgan fingerprint density at radius 1 is 0.780 bits per heavy atom. The number of allylic oxidation sites excluding steroid dienone is 2. The Kier molecular flexibility index (Phi) is 18.0. The van der Waals surface area contributed by atoms with E-state index in [2.05, 4.69) is 19.1 Å². The van der Waals surface area contributed by atoms with E-state index in [1.807, 2.05) is 13.8 Å². The third-order valence-electron chi connectivity index (χ3n) is 7.64. The van der Waals surface area contributed by atoms with E-state index in [9.17, 15) is 19.8 Å². The predicted octanol–water partition coefficient (Wildman–Crippen LogP) is 7.54. The fourth-order valence-electron chi connectivity index (χ4n) is 5.72. The van der Waals surface area contributed by atoms with E-state index >= 15 is 0 Å². The van der Waals surface area contributed by atoms with E-state index < -0.39 is 23.4 Å². The number of aliphatic hydroxyl groups excluding tert-OH is 2. The van der Waals surface area contributed by atoms with E-state index in [0.717, 1.165) is 57.8 Å². The van der Waals surface area contributed by atoms with Crippen LogP contribution >= 0.6 is 0 Å². The van der Waals surface area contributed by atoms with Gasteiger partial charge in [-0.25, -0.2) is 9.59 Å². The van der Waals surface area contributed by atoms with Crippen LogP contribution in [0, 0.1) is 17.8 Å². The van der Waals surface area contributed by atoms with Crippen molar-refractivity contribution in [2.75, 3.05) is 0 Å². The maximum absolute atomic E-state index is 13.1. The molecule has 0 fully saturated rings. The molecule has 0 saturated heterocycles. The number of hydrogen-bond donors (Lipinski definition) is 2. The van der Waals surface area contributed by atoms with Gasteiger partial charge in [-0.2, -0.15) is 9.78 Å². The molecule has 0 radical (unpaired) electrons. The molecule has 5 atom stereocenters. The molecule has 5 unspecified atom stereocenters. The highest BCUT2D eigenvalue weighted by molar-refractivity contribution is 5.72. The van der Waals surface area contributed by atoms with Gasteiger partial charge < -0.3 is 10.2 Å². The first-order valence-electron chi connectivity index (χ1n) is 16.1. The average Bonchev–Trinajstić information content (AvgIpc) is 2.87. The van der Waals surface area contributed by atoms with Crippen molar-refractivity contribution in [2.45, 2.75) is 168 Å². The second kappa shape index (κ2) is 19.7. The average molecular weight is 585 g/mol. The topological polar surface area (TPSA) is 112 Å². The van der Waals surface area contributed by atoms with Gasteiger partial charge in [-0.05, 0) is 79.1 Å². The number of rotatable bonds is 22. The van der Waals surface area contributed by atoms with Gasteiger partial charge in [0.05, 0.1) is 18.1 Å². The predicted molar refractivity (Wildman–Crippen MR) is 160 cm³/mol. The molecule has 0 aromatic carbocycles.